The van der Waals surface area contributed by atoms with Crippen LogP contribution in [0.2, 0.25) is 0 Å². The highest BCUT2D eigenvalue weighted by Crippen LogP contribution is 2.54. The number of benzene rings is 6. The molecule has 0 unspecified atom stereocenters. The van der Waals surface area contributed by atoms with Crippen LogP contribution in [0.15, 0.2) is 127 Å². The fourth-order valence-corrected chi connectivity index (χ4v) is 6.87. The summed E-state index contributed by atoms with van der Waals surface area (Å²) >= 11 is 0. The molecule has 212 valence electrons. The van der Waals surface area contributed by atoms with Crippen LogP contribution in [0, 0.1) is 0 Å². The largest absolute Gasteiger partial charge is 0.208 e. The second-order valence-electron chi connectivity index (χ2n) is 13.0. The Bertz CT molecular complexity index is 2160. The summed E-state index contributed by atoms with van der Waals surface area (Å²) in [6, 6.07) is 45.1. The molecule has 0 atom stereocenters. The van der Waals surface area contributed by atoms with E-state index in [2.05, 4.69) is 94.4 Å². The Kier molecular flexibility index (Phi) is 5.83. The summed E-state index contributed by atoms with van der Waals surface area (Å²) in [6.07, 6.45) is 0. The van der Waals surface area contributed by atoms with E-state index in [9.17, 15) is 0 Å². The van der Waals surface area contributed by atoms with Gasteiger partial charge in [0.05, 0.1) is 0 Å². The molecular formula is C41H33N3. The first-order valence-corrected chi connectivity index (χ1v) is 15.3. The van der Waals surface area contributed by atoms with Crippen molar-refractivity contribution >= 4 is 21.5 Å². The number of hydrogen-bond acceptors (Lipinski definition) is 3. The predicted molar refractivity (Wildman–Crippen MR) is 183 cm³/mol. The van der Waals surface area contributed by atoms with Gasteiger partial charge in [0.2, 0.25) is 0 Å². The fraction of sp³-hybridized carbons (Fsp3) is 0.146. The second kappa shape index (κ2) is 9.68. The average molecular weight is 568 g/mol. The molecule has 0 bridgehead atoms. The van der Waals surface area contributed by atoms with Gasteiger partial charge < -0.3 is 0 Å². The second-order valence-corrected chi connectivity index (χ2v) is 13.0. The molecule has 1 aromatic heterocycles. The first-order chi connectivity index (χ1) is 21.3. The lowest BCUT2D eigenvalue weighted by Crippen LogP contribution is -2.43. The maximum Gasteiger partial charge on any atom is 0.164 e. The average Bonchev–Trinajstić information content (AvgIpc) is 3.07. The van der Waals surface area contributed by atoms with Gasteiger partial charge in [-0.1, -0.05) is 137 Å². The summed E-state index contributed by atoms with van der Waals surface area (Å²) in [5.41, 5.74) is 8.41. The van der Waals surface area contributed by atoms with E-state index in [4.69, 9.17) is 15.0 Å². The zero-order valence-corrected chi connectivity index (χ0v) is 25.5. The highest BCUT2D eigenvalue weighted by Gasteiger charge is 2.45. The van der Waals surface area contributed by atoms with Crippen LogP contribution in [0.5, 0.6) is 0 Å². The molecule has 1 aliphatic carbocycles. The molecule has 0 spiro atoms. The molecule has 0 N–H and O–H groups in total. The molecule has 6 aromatic carbocycles. The van der Waals surface area contributed by atoms with Crippen molar-refractivity contribution in [3.05, 3.63) is 139 Å². The molecule has 0 amide bonds. The minimum absolute atomic E-state index is 0.0117. The summed E-state index contributed by atoms with van der Waals surface area (Å²) in [4.78, 5) is 14.8. The molecule has 44 heavy (non-hydrogen) atoms. The molecule has 0 aliphatic heterocycles. The zero-order valence-electron chi connectivity index (χ0n) is 25.5. The Balaban J connectivity index is 1.31. The predicted octanol–water partition coefficient (Wildman–Crippen LogP) is 10.4. The van der Waals surface area contributed by atoms with Crippen LogP contribution in [-0.2, 0) is 10.8 Å². The zero-order chi connectivity index (χ0) is 30.1. The van der Waals surface area contributed by atoms with Gasteiger partial charge in [0.1, 0.15) is 0 Å². The molecule has 3 heteroatoms. The van der Waals surface area contributed by atoms with Crippen molar-refractivity contribution in [3.63, 3.8) is 0 Å². The van der Waals surface area contributed by atoms with Gasteiger partial charge in [-0.05, 0) is 72.8 Å². The van der Waals surface area contributed by atoms with Gasteiger partial charge in [0, 0.05) is 16.7 Å². The number of hydrogen-bond donors (Lipinski definition) is 0. The lowest BCUT2D eigenvalue weighted by atomic mass is 9.55. The third-order valence-corrected chi connectivity index (χ3v) is 10.1. The van der Waals surface area contributed by atoms with E-state index in [1.54, 1.807) is 0 Å². The standard InChI is InChI=1S/C41H33N3/c1-40(2)35-18-12-11-17-32(35)34-25-33-29(24-36(34)41(40,3)4)20-19-28-23-30(21-22-31(28)33)39-43-37(26-13-7-5-8-14-26)42-38(44-39)27-15-9-6-10-16-27/h5-25H,1-4H3. The smallest absolute Gasteiger partial charge is 0.164 e. The molecule has 0 radical (unpaired) electrons. The van der Waals surface area contributed by atoms with E-state index >= 15 is 0 Å². The molecule has 1 aliphatic rings. The Hall–Kier alpha value is -5.15. The van der Waals surface area contributed by atoms with Gasteiger partial charge in [0.15, 0.2) is 17.5 Å². The first kappa shape index (κ1) is 26.5. The third kappa shape index (κ3) is 4.00. The highest BCUT2D eigenvalue weighted by atomic mass is 15.0. The van der Waals surface area contributed by atoms with Crippen molar-refractivity contribution in [1.82, 2.24) is 15.0 Å². The molecule has 0 saturated heterocycles. The summed E-state index contributed by atoms with van der Waals surface area (Å²) < 4.78 is 0. The van der Waals surface area contributed by atoms with Gasteiger partial charge >= 0.3 is 0 Å². The SMILES string of the molecule is CC1(C)c2ccccc2-c2cc3c(ccc4cc(-c5nc(-c6ccccc6)nc(-c6ccccc6)n5)ccc43)cc2C1(C)C. The third-order valence-electron chi connectivity index (χ3n) is 10.1. The van der Waals surface area contributed by atoms with Gasteiger partial charge in [-0.15, -0.1) is 0 Å². The summed E-state index contributed by atoms with van der Waals surface area (Å²) in [6.45, 7) is 9.55. The molecular weight excluding hydrogens is 534 g/mol. The number of rotatable bonds is 3. The minimum atomic E-state index is -0.0186. The summed E-state index contributed by atoms with van der Waals surface area (Å²) in [7, 11) is 0. The Labute approximate surface area is 258 Å². The molecule has 0 fully saturated rings. The maximum atomic E-state index is 4.96. The van der Waals surface area contributed by atoms with E-state index in [0.29, 0.717) is 17.5 Å². The molecule has 1 heterocycles. The van der Waals surface area contributed by atoms with Crippen molar-refractivity contribution in [1.29, 1.82) is 0 Å². The van der Waals surface area contributed by atoms with Gasteiger partial charge in [-0.25, -0.2) is 15.0 Å². The Morgan fingerprint density at radius 2 is 0.909 bits per heavy atom. The van der Waals surface area contributed by atoms with E-state index in [0.717, 1.165) is 16.7 Å². The lowest BCUT2D eigenvalue weighted by Gasteiger charge is -2.48. The van der Waals surface area contributed by atoms with Crippen LogP contribution in [0.1, 0.15) is 38.8 Å². The van der Waals surface area contributed by atoms with Crippen LogP contribution in [0.3, 0.4) is 0 Å². The minimum Gasteiger partial charge on any atom is -0.208 e. The van der Waals surface area contributed by atoms with Crippen molar-refractivity contribution in [2.24, 2.45) is 0 Å². The molecule has 8 rings (SSSR count). The molecule has 7 aromatic rings. The molecule has 3 nitrogen and oxygen atoms in total. The van der Waals surface area contributed by atoms with Crippen molar-refractivity contribution in [2.75, 3.05) is 0 Å². The van der Waals surface area contributed by atoms with E-state index in [-0.39, 0.29) is 10.8 Å². The normalized spacial score (nSPS) is 14.7. The van der Waals surface area contributed by atoms with Crippen LogP contribution in [0.4, 0.5) is 0 Å². The number of nitrogens with zero attached hydrogens (tertiary/aromatic N) is 3. The topological polar surface area (TPSA) is 38.7 Å². The quantitative estimate of drug-likeness (QED) is 0.199. The van der Waals surface area contributed by atoms with Crippen LogP contribution in [0.25, 0.3) is 66.8 Å². The van der Waals surface area contributed by atoms with Crippen molar-refractivity contribution in [2.45, 2.75) is 38.5 Å². The van der Waals surface area contributed by atoms with Crippen LogP contribution >= 0.6 is 0 Å². The van der Waals surface area contributed by atoms with Crippen molar-refractivity contribution < 1.29 is 0 Å². The molecule has 0 saturated carbocycles. The van der Waals surface area contributed by atoms with E-state index in [1.807, 2.05) is 60.7 Å². The fourth-order valence-electron chi connectivity index (χ4n) is 6.87. The van der Waals surface area contributed by atoms with Crippen molar-refractivity contribution in [3.8, 4) is 45.3 Å². The number of aromatic nitrogens is 3. The van der Waals surface area contributed by atoms with Gasteiger partial charge in [0.25, 0.3) is 0 Å². The summed E-state index contributed by atoms with van der Waals surface area (Å²) in [5.74, 6) is 2.01. The lowest BCUT2D eigenvalue weighted by molar-refractivity contribution is 0.299. The Morgan fingerprint density at radius 1 is 0.386 bits per heavy atom. The first-order valence-electron chi connectivity index (χ1n) is 15.3. The highest BCUT2D eigenvalue weighted by molar-refractivity contribution is 6.10. The summed E-state index contributed by atoms with van der Waals surface area (Å²) in [5, 5.41) is 4.94. The monoisotopic (exact) mass is 567 g/mol. The Morgan fingerprint density at radius 3 is 1.55 bits per heavy atom. The maximum absolute atomic E-state index is 4.96. The van der Waals surface area contributed by atoms with Crippen LogP contribution < -0.4 is 0 Å². The van der Waals surface area contributed by atoms with E-state index < -0.39 is 0 Å². The van der Waals surface area contributed by atoms with Crippen LogP contribution in [-0.4, -0.2) is 15.0 Å². The number of fused-ring (bicyclic) bond motifs is 6. The van der Waals surface area contributed by atoms with E-state index in [1.165, 1.54) is 43.8 Å². The van der Waals surface area contributed by atoms with Gasteiger partial charge in [-0.2, -0.15) is 0 Å². The van der Waals surface area contributed by atoms with Gasteiger partial charge in [-0.3, -0.25) is 0 Å².